The fourth-order valence-corrected chi connectivity index (χ4v) is 5.18. The first-order chi connectivity index (χ1) is 15.5. The van der Waals surface area contributed by atoms with Crippen LogP contribution < -0.4 is 4.74 Å². The number of carbonyl (C=O) groups is 2. The van der Waals surface area contributed by atoms with Crippen LogP contribution in [-0.4, -0.2) is 38.9 Å². The van der Waals surface area contributed by atoms with E-state index in [-0.39, 0.29) is 18.4 Å². The minimum Gasteiger partial charge on any atom is -0.485 e. The highest BCUT2D eigenvalue weighted by atomic mass is 32.2. The van der Waals surface area contributed by atoms with Crippen LogP contribution in [0.15, 0.2) is 40.8 Å². The van der Waals surface area contributed by atoms with Gasteiger partial charge < -0.3 is 9.84 Å². The lowest BCUT2D eigenvalue weighted by Gasteiger charge is -2.23. The van der Waals surface area contributed by atoms with E-state index in [0.29, 0.717) is 15.8 Å². The monoisotopic (exact) mass is 473 g/mol. The molecule has 0 radical (unpaired) electrons. The van der Waals surface area contributed by atoms with Crippen molar-refractivity contribution in [2.24, 2.45) is 0 Å². The zero-order valence-electron chi connectivity index (χ0n) is 18.5. The number of thiocarbonyl (C=S) groups is 1. The highest BCUT2D eigenvalue weighted by molar-refractivity contribution is 8.26. The topological polar surface area (TPSA) is 66.8 Å². The van der Waals surface area contributed by atoms with Crippen molar-refractivity contribution < 1.29 is 19.4 Å². The van der Waals surface area contributed by atoms with Crippen LogP contribution in [0.3, 0.4) is 0 Å². The smallest absolute Gasteiger partial charge is 0.303 e. The Hall–Kier alpha value is -2.12. The van der Waals surface area contributed by atoms with E-state index < -0.39 is 5.97 Å². The molecule has 3 rings (SSSR count). The maximum atomic E-state index is 12.9. The number of hydrogen-bond acceptors (Lipinski definition) is 5. The van der Waals surface area contributed by atoms with Gasteiger partial charge in [0.2, 0.25) is 0 Å². The summed E-state index contributed by atoms with van der Waals surface area (Å²) in [6, 6.07) is 7.90. The number of nitrogens with zero attached hydrogens (tertiary/aromatic N) is 1. The maximum absolute atomic E-state index is 12.9. The summed E-state index contributed by atoms with van der Waals surface area (Å²) in [5, 5.41) is 8.64. The van der Waals surface area contributed by atoms with Crippen LogP contribution in [0.25, 0.3) is 6.08 Å². The van der Waals surface area contributed by atoms with Gasteiger partial charge in [0.15, 0.2) is 0 Å². The molecule has 0 saturated carbocycles. The standard InChI is InChI=1S/C25H31NO4S2/c1-18-20(16-19-12-9-10-13-21(19)30-18)17-22-24(29)26(25(31)32-22)15-11-7-5-3-2-4-6-8-14-23(27)28/h9-10,12-13,16-18H,2-8,11,14-15H2,1H3,(H,27,28). The van der Waals surface area contributed by atoms with Crippen LogP contribution in [0.2, 0.25) is 0 Å². The lowest BCUT2D eigenvalue weighted by Crippen LogP contribution is -2.29. The van der Waals surface area contributed by atoms with Crippen LogP contribution >= 0.6 is 24.0 Å². The second kappa shape index (κ2) is 12.2. The minimum absolute atomic E-state index is 0.00890. The van der Waals surface area contributed by atoms with E-state index in [0.717, 1.165) is 68.3 Å². The minimum atomic E-state index is -0.709. The van der Waals surface area contributed by atoms with E-state index >= 15 is 0 Å². The fraction of sp³-hybridized carbons (Fsp3) is 0.480. The first kappa shape index (κ1) is 24.5. The number of rotatable bonds is 12. The Labute approximate surface area is 199 Å². The molecule has 2 aliphatic rings. The Kier molecular flexibility index (Phi) is 9.36. The third-order valence-corrected chi connectivity index (χ3v) is 7.09. The summed E-state index contributed by atoms with van der Waals surface area (Å²) in [5.41, 5.74) is 2.00. The van der Waals surface area contributed by atoms with Crippen molar-refractivity contribution in [1.29, 1.82) is 0 Å². The Bertz CT molecular complexity index is 909. The van der Waals surface area contributed by atoms with E-state index in [4.69, 9.17) is 22.1 Å². The molecule has 0 bridgehead atoms. The second-order valence-electron chi connectivity index (χ2n) is 8.25. The fourth-order valence-electron chi connectivity index (χ4n) is 3.87. The molecular weight excluding hydrogens is 442 g/mol. The summed E-state index contributed by atoms with van der Waals surface area (Å²) >= 11 is 6.84. The van der Waals surface area contributed by atoms with Gasteiger partial charge in [-0.1, -0.05) is 80.7 Å². The molecule has 1 unspecified atom stereocenters. The van der Waals surface area contributed by atoms with Crippen LogP contribution in [0.4, 0.5) is 0 Å². The van der Waals surface area contributed by atoms with Gasteiger partial charge >= 0.3 is 5.97 Å². The van der Waals surface area contributed by atoms with Crippen LogP contribution in [0.1, 0.15) is 70.3 Å². The number of fused-ring (bicyclic) bond motifs is 1. The van der Waals surface area contributed by atoms with Crippen molar-refractivity contribution in [1.82, 2.24) is 4.90 Å². The van der Waals surface area contributed by atoms with Gasteiger partial charge in [-0.3, -0.25) is 14.5 Å². The zero-order chi connectivity index (χ0) is 22.9. The third-order valence-electron chi connectivity index (χ3n) is 5.71. The molecule has 1 amide bonds. The molecule has 32 heavy (non-hydrogen) atoms. The van der Waals surface area contributed by atoms with E-state index in [1.54, 1.807) is 4.90 Å². The average Bonchev–Trinajstić information content (AvgIpc) is 3.02. The number of carbonyl (C=O) groups excluding carboxylic acids is 1. The molecule has 5 nitrogen and oxygen atoms in total. The Morgan fingerprint density at radius 3 is 2.50 bits per heavy atom. The number of thioether (sulfide) groups is 1. The number of para-hydroxylation sites is 1. The Balaban J connectivity index is 1.41. The van der Waals surface area contributed by atoms with E-state index in [1.165, 1.54) is 11.8 Å². The van der Waals surface area contributed by atoms with Gasteiger partial charge in [0, 0.05) is 18.5 Å². The summed E-state index contributed by atoms with van der Waals surface area (Å²) in [7, 11) is 0. The molecule has 1 saturated heterocycles. The molecule has 172 valence electrons. The number of benzene rings is 1. The van der Waals surface area contributed by atoms with Crippen molar-refractivity contribution in [3.8, 4) is 5.75 Å². The number of hydrogen-bond donors (Lipinski definition) is 1. The summed E-state index contributed by atoms with van der Waals surface area (Å²) < 4.78 is 6.61. The summed E-state index contributed by atoms with van der Waals surface area (Å²) in [5.74, 6) is 0.148. The molecule has 0 spiro atoms. The van der Waals surface area contributed by atoms with Crippen molar-refractivity contribution >= 4 is 46.3 Å². The van der Waals surface area contributed by atoms with Crippen LogP contribution in [0.5, 0.6) is 5.75 Å². The quantitative estimate of drug-likeness (QED) is 0.222. The summed E-state index contributed by atoms with van der Waals surface area (Å²) in [4.78, 5) is 25.8. The van der Waals surface area contributed by atoms with Gasteiger partial charge in [0.05, 0.1) is 4.91 Å². The molecule has 0 aliphatic carbocycles. The van der Waals surface area contributed by atoms with E-state index in [1.807, 2.05) is 37.3 Å². The van der Waals surface area contributed by atoms with E-state index in [2.05, 4.69) is 6.08 Å². The highest BCUT2D eigenvalue weighted by Gasteiger charge is 2.32. The number of ether oxygens (including phenoxy) is 1. The largest absolute Gasteiger partial charge is 0.485 e. The lowest BCUT2D eigenvalue weighted by molar-refractivity contribution is -0.137. The number of unbranched alkanes of at least 4 members (excludes halogenated alkanes) is 7. The zero-order valence-corrected chi connectivity index (χ0v) is 20.2. The summed E-state index contributed by atoms with van der Waals surface area (Å²) in [6.07, 6.45) is 12.4. The predicted octanol–water partition coefficient (Wildman–Crippen LogP) is 6.19. The van der Waals surface area contributed by atoms with Crippen LogP contribution in [-0.2, 0) is 9.59 Å². The normalized spacial score (nSPS) is 19.2. The number of carboxylic acid groups (broad SMARTS) is 1. The molecule has 2 aliphatic heterocycles. The molecule has 2 heterocycles. The van der Waals surface area contributed by atoms with Gasteiger partial charge in [-0.15, -0.1) is 0 Å². The van der Waals surface area contributed by atoms with Crippen LogP contribution in [0, 0.1) is 0 Å². The Morgan fingerprint density at radius 2 is 1.78 bits per heavy atom. The van der Waals surface area contributed by atoms with Gasteiger partial charge in [-0.25, -0.2) is 0 Å². The van der Waals surface area contributed by atoms with Gasteiger partial charge in [0.1, 0.15) is 16.2 Å². The first-order valence-electron chi connectivity index (χ1n) is 11.4. The number of amides is 1. The molecule has 1 aromatic carbocycles. The maximum Gasteiger partial charge on any atom is 0.303 e. The Morgan fingerprint density at radius 1 is 1.12 bits per heavy atom. The number of carboxylic acids is 1. The van der Waals surface area contributed by atoms with Gasteiger partial charge in [-0.2, -0.15) is 0 Å². The molecule has 0 aromatic heterocycles. The molecule has 1 fully saturated rings. The molecular formula is C25H31NO4S2. The SMILES string of the molecule is CC1Oc2ccccc2C=C1C=C1SC(=S)N(CCCCCCCCCCC(=O)O)C1=O. The molecule has 1 aromatic rings. The number of aliphatic carboxylic acids is 1. The van der Waals surface area contributed by atoms with Crippen molar-refractivity contribution in [2.75, 3.05) is 6.54 Å². The summed E-state index contributed by atoms with van der Waals surface area (Å²) in [6.45, 7) is 2.65. The van der Waals surface area contributed by atoms with Gasteiger partial charge in [0.25, 0.3) is 5.91 Å². The van der Waals surface area contributed by atoms with E-state index in [9.17, 15) is 9.59 Å². The van der Waals surface area contributed by atoms with Crippen molar-refractivity contribution in [3.05, 3.63) is 46.4 Å². The second-order valence-corrected chi connectivity index (χ2v) is 9.92. The third kappa shape index (κ3) is 6.94. The molecule has 1 N–H and O–H groups in total. The first-order valence-corrected chi connectivity index (χ1v) is 12.6. The average molecular weight is 474 g/mol. The molecule has 1 atom stereocenters. The molecule has 7 heteroatoms. The predicted molar refractivity (Wildman–Crippen MR) is 134 cm³/mol. The van der Waals surface area contributed by atoms with Crippen molar-refractivity contribution in [3.63, 3.8) is 0 Å². The van der Waals surface area contributed by atoms with Crippen molar-refractivity contribution in [2.45, 2.75) is 70.8 Å². The lowest BCUT2D eigenvalue weighted by atomic mass is 10.0. The van der Waals surface area contributed by atoms with Gasteiger partial charge in [-0.05, 0) is 43.6 Å². The highest BCUT2D eigenvalue weighted by Crippen LogP contribution is 2.35.